The van der Waals surface area contributed by atoms with E-state index >= 15 is 0 Å². The Morgan fingerprint density at radius 2 is 2.20 bits per heavy atom. The molecule has 0 aromatic heterocycles. The topological polar surface area (TPSA) is 29.5 Å². The fourth-order valence-electron chi connectivity index (χ4n) is 1.26. The number of aliphatic hydroxyl groups excluding tert-OH is 1. The summed E-state index contributed by atoms with van der Waals surface area (Å²) >= 11 is 1.81. The van der Waals surface area contributed by atoms with Gasteiger partial charge in [-0.15, -0.1) is 0 Å². The van der Waals surface area contributed by atoms with E-state index < -0.39 is 6.29 Å². The van der Waals surface area contributed by atoms with Crippen molar-refractivity contribution in [2.45, 2.75) is 37.4 Å². The first-order valence-electron chi connectivity index (χ1n) is 3.58. The number of hydrogen-bond donors (Lipinski definition) is 1. The van der Waals surface area contributed by atoms with Crippen molar-refractivity contribution in [2.75, 3.05) is 6.26 Å². The van der Waals surface area contributed by atoms with Crippen LogP contribution in [0.4, 0.5) is 0 Å². The predicted molar refractivity (Wildman–Crippen MR) is 43.1 cm³/mol. The Balaban J connectivity index is 2.35. The lowest BCUT2D eigenvalue weighted by atomic mass is 10.1. The Kier molecular flexibility index (Phi) is 3.01. The van der Waals surface area contributed by atoms with Gasteiger partial charge in [0.25, 0.3) is 0 Å². The SMILES string of the molecule is CSC1CC(C)OC(O)C1. The van der Waals surface area contributed by atoms with Crippen molar-refractivity contribution in [3.63, 3.8) is 0 Å². The molecule has 1 N–H and O–H groups in total. The monoisotopic (exact) mass is 162 g/mol. The van der Waals surface area contributed by atoms with Crippen LogP contribution in [0.25, 0.3) is 0 Å². The Bertz CT molecular complexity index is 97.8. The fourth-order valence-corrected chi connectivity index (χ4v) is 2.08. The first-order chi connectivity index (χ1) is 4.72. The molecule has 0 saturated carbocycles. The Hall–Kier alpha value is 0.270. The van der Waals surface area contributed by atoms with Crippen LogP contribution in [-0.2, 0) is 4.74 Å². The van der Waals surface area contributed by atoms with Crippen molar-refractivity contribution in [1.82, 2.24) is 0 Å². The second-order valence-electron chi connectivity index (χ2n) is 2.73. The third-order valence-electron chi connectivity index (χ3n) is 1.78. The maximum absolute atomic E-state index is 9.15. The van der Waals surface area contributed by atoms with E-state index in [1.165, 1.54) is 0 Å². The zero-order valence-corrected chi connectivity index (χ0v) is 7.23. The first-order valence-corrected chi connectivity index (χ1v) is 4.87. The van der Waals surface area contributed by atoms with Gasteiger partial charge in [-0.25, -0.2) is 0 Å². The van der Waals surface area contributed by atoms with E-state index in [1.54, 1.807) is 0 Å². The van der Waals surface area contributed by atoms with Gasteiger partial charge in [-0.1, -0.05) is 0 Å². The van der Waals surface area contributed by atoms with Gasteiger partial charge in [0.2, 0.25) is 0 Å². The van der Waals surface area contributed by atoms with E-state index in [4.69, 9.17) is 9.84 Å². The number of rotatable bonds is 1. The lowest BCUT2D eigenvalue weighted by molar-refractivity contribution is -0.154. The number of hydrogen-bond acceptors (Lipinski definition) is 3. The van der Waals surface area contributed by atoms with Crippen LogP contribution < -0.4 is 0 Å². The average Bonchev–Trinajstić information content (AvgIpc) is 1.85. The van der Waals surface area contributed by atoms with Gasteiger partial charge < -0.3 is 9.84 Å². The summed E-state index contributed by atoms with van der Waals surface area (Å²) in [7, 11) is 0. The van der Waals surface area contributed by atoms with Crippen LogP contribution in [-0.4, -0.2) is 29.0 Å². The Morgan fingerprint density at radius 1 is 1.50 bits per heavy atom. The molecule has 0 radical (unpaired) electrons. The third kappa shape index (κ3) is 2.15. The maximum Gasteiger partial charge on any atom is 0.155 e. The van der Waals surface area contributed by atoms with Gasteiger partial charge in [-0.2, -0.15) is 11.8 Å². The molecule has 0 amide bonds. The van der Waals surface area contributed by atoms with Crippen LogP contribution in [0.1, 0.15) is 19.8 Å². The molecule has 0 aromatic carbocycles. The summed E-state index contributed by atoms with van der Waals surface area (Å²) in [4.78, 5) is 0. The second-order valence-corrected chi connectivity index (χ2v) is 3.87. The number of aliphatic hydroxyl groups is 1. The van der Waals surface area contributed by atoms with E-state index in [2.05, 4.69) is 6.26 Å². The van der Waals surface area contributed by atoms with Crippen molar-refractivity contribution in [3.8, 4) is 0 Å². The van der Waals surface area contributed by atoms with Gasteiger partial charge in [-0.3, -0.25) is 0 Å². The smallest absolute Gasteiger partial charge is 0.155 e. The molecule has 1 heterocycles. The lowest BCUT2D eigenvalue weighted by Gasteiger charge is -2.29. The number of thioether (sulfide) groups is 1. The molecule has 0 aromatic rings. The molecule has 0 aliphatic carbocycles. The predicted octanol–water partition coefficient (Wildman–Crippen LogP) is 1.24. The standard InChI is InChI=1S/C7H14O2S/c1-5-3-6(10-2)4-7(8)9-5/h5-8H,3-4H2,1-2H3. The summed E-state index contributed by atoms with van der Waals surface area (Å²) in [6, 6.07) is 0. The van der Waals surface area contributed by atoms with E-state index in [0.717, 1.165) is 12.8 Å². The molecule has 1 aliphatic heterocycles. The van der Waals surface area contributed by atoms with Crippen molar-refractivity contribution in [3.05, 3.63) is 0 Å². The third-order valence-corrected chi connectivity index (χ3v) is 2.83. The van der Waals surface area contributed by atoms with Crippen molar-refractivity contribution < 1.29 is 9.84 Å². The van der Waals surface area contributed by atoms with E-state index in [9.17, 15) is 0 Å². The fraction of sp³-hybridized carbons (Fsp3) is 1.00. The minimum absolute atomic E-state index is 0.223. The van der Waals surface area contributed by atoms with E-state index in [0.29, 0.717) is 5.25 Å². The summed E-state index contributed by atoms with van der Waals surface area (Å²) in [5.74, 6) is 0. The van der Waals surface area contributed by atoms with Crippen LogP contribution in [0.15, 0.2) is 0 Å². The summed E-state index contributed by atoms with van der Waals surface area (Å²) in [6.45, 7) is 2.01. The van der Waals surface area contributed by atoms with E-state index in [-0.39, 0.29) is 6.10 Å². The van der Waals surface area contributed by atoms with Gasteiger partial charge in [0.1, 0.15) is 0 Å². The molecule has 1 rings (SSSR count). The molecule has 1 saturated heterocycles. The first kappa shape index (κ1) is 8.37. The van der Waals surface area contributed by atoms with Crippen molar-refractivity contribution >= 4 is 11.8 Å². The van der Waals surface area contributed by atoms with Gasteiger partial charge in [0.15, 0.2) is 6.29 Å². The molecule has 60 valence electrons. The molecular formula is C7H14O2S. The van der Waals surface area contributed by atoms with Crippen LogP contribution in [0.2, 0.25) is 0 Å². The van der Waals surface area contributed by atoms with Crippen molar-refractivity contribution in [2.24, 2.45) is 0 Å². The van der Waals surface area contributed by atoms with Crippen LogP contribution in [0.3, 0.4) is 0 Å². The van der Waals surface area contributed by atoms with Crippen LogP contribution in [0, 0.1) is 0 Å². The van der Waals surface area contributed by atoms with Crippen LogP contribution in [0.5, 0.6) is 0 Å². The molecule has 2 nitrogen and oxygen atoms in total. The number of ether oxygens (including phenoxy) is 1. The highest BCUT2D eigenvalue weighted by Gasteiger charge is 2.24. The summed E-state index contributed by atoms with van der Waals surface area (Å²) in [6.07, 6.45) is 3.63. The second kappa shape index (κ2) is 3.60. The Morgan fingerprint density at radius 3 is 2.70 bits per heavy atom. The molecule has 1 aliphatic rings. The zero-order chi connectivity index (χ0) is 7.56. The molecule has 10 heavy (non-hydrogen) atoms. The normalized spacial score (nSPS) is 41.7. The van der Waals surface area contributed by atoms with Gasteiger partial charge in [0, 0.05) is 11.7 Å². The van der Waals surface area contributed by atoms with Gasteiger partial charge in [-0.05, 0) is 19.6 Å². The largest absolute Gasteiger partial charge is 0.368 e. The highest BCUT2D eigenvalue weighted by molar-refractivity contribution is 7.99. The highest BCUT2D eigenvalue weighted by atomic mass is 32.2. The molecule has 0 bridgehead atoms. The molecule has 1 fully saturated rings. The molecule has 3 heteroatoms. The summed E-state index contributed by atoms with van der Waals surface area (Å²) in [5, 5.41) is 9.73. The summed E-state index contributed by atoms with van der Waals surface area (Å²) < 4.78 is 5.16. The van der Waals surface area contributed by atoms with E-state index in [1.807, 2.05) is 18.7 Å². The minimum atomic E-state index is -0.527. The average molecular weight is 162 g/mol. The van der Waals surface area contributed by atoms with Crippen molar-refractivity contribution in [1.29, 1.82) is 0 Å². The lowest BCUT2D eigenvalue weighted by Crippen LogP contribution is -2.32. The summed E-state index contributed by atoms with van der Waals surface area (Å²) in [5.41, 5.74) is 0. The molecule has 3 unspecified atom stereocenters. The van der Waals surface area contributed by atoms with Crippen LogP contribution >= 0.6 is 11.8 Å². The molecule has 0 spiro atoms. The maximum atomic E-state index is 9.15. The minimum Gasteiger partial charge on any atom is -0.368 e. The highest BCUT2D eigenvalue weighted by Crippen LogP contribution is 2.25. The Labute approximate surface area is 66.0 Å². The quantitative estimate of drug-likeness (QED) is 0.629. The molecular weight excluding hydrogens is 148 g/mol. The zero-order valence-electron chi connectivity index (χ0n) is 6.41. The van der Waals surface area contributed by atoms with Gasteiger partial charge in [0.05, 0.1) is 6.10 Å². The van der Waals surface area contributed by atoms with Gasteiger partial charge >= 0.3 is 0 Å². The molecule has 3 atom stereocenters.